The van der Waals surface area contributed by atoms with Crippen molar-refractivity contribution in [3.8, 4) is 12.1 Å². The Kier molecular flexibility index (Phi) is 7.59. The van der Waals surface area contributed by atoms with Gasteiger partial charge in [0.2, 0.25) is 0 Å². The van der Waals surface area contributed by atoms with Gasteiger partial charge in [0.05, 0.1) is 17.6 Å². The first-order valence-corrected chi connectivity index (χ1v) is 6.42. The lowest BCUT2D eigenvalue weighted by atomic mass is 9.90. The molecule has 0 aromatic carbocycles. The first kappa shape index (κ1) is 15.9. The van der Waals surface area contributed by atoms with Crippen molar-refractivity contribution < 1.29 is 0 Å². The third kappa shape index (κ3) is 8.72. The molecule has 0 bridgehead atoms. The van der Waals surface area contributed by atoms with Crippen LogP contribution in [0.1, 0.15) is 47.0 Å². The SMILES string of the molecule is CC(C)CN(CCC#N)CCCC(C)(C)C#N. The molecule has 0 amide bonds. The van der Waals surface area contributed by atoms with Gasteiger partial charge in [0.15, 0.2) is 0 Å². The van der Waals surface area contributed by atoms with Crippen molar-refractivity contribution in [1.29, 1.82) is 10.5 Å². The fraction of sp³-hybridized carbons (Fsp3) is 0.857. The molecule has 3 heteroatoms. The molecule has 0 saturated carbocycles. The van der Waals surface area contributed by atoms with Gasteiger partial charge < -0.3 is 4.90 Å². The van der Waals surface area contributed by atoms with Crippen LogP contribution in [-0.4, -0.2) is 24.5 Å². The molecular weight excluding hydrogens is 210 g/mol. The van der Waals surface area contributed by atoms with Crippen LogP contribution in [0, 0.1) is 34.0 Å². The molecule has 0 aromatic heterocycles. The Balaban J connectivity index is 4.00. The minimum absolute atomic E-state index is 0.223. The molecule has 0 aromatic rings. The zero-order chi connectivity index (χ0) is 13.3. The highest BCUT2D eigenvalue weighted by atomic mass is 15.1. The van der Waals surface area contributed by atoms with E-state index in [1.807, 2.05) is 13.8 Å². The molecule has 0 atom stereocenters. The van der Waals surface area contributed by atoms with Crippen LogP contribution in [0.25, 0.3) is 0 Å². The lowest BCUT2D eigenvalue weighted by Crippen LogP contribution is -2.30. The van der Waals surface area contributed by atoms with E-state index in [4.69, 9.17) is 10.5 Å². The summed E-state index contributed by atoms with van der Waals surface area (Å²) in [4.78, 5) is 2.33. The van der Waals surface area contributed by atoms with Crippen LogP contribution >= 0.6 is 0 Å². The molecule has 0 unspecified atom stereocenters. The van der Waals surface area contributed by atoms with Crippen molar-refractivity contribution >= 4 is 0 Å². The summed E-state index contributed by atoms with van der Waals surface area (Å²) in [5.74, 6) is 0.623. The second-order valence-electron chi connectivity index (χ2n) is 5.70. The number of rotatable bonds is 8. The molecular formula is C14H25N3. The molecule has 17 heavy (non-hydrogen) atoms. The Morgan fingerprint density at radius 3 is 2.29 bits per heavy atom. The van der Waals surface area contributed by atoms with Gasteiger partial charge in [0, 0.05) is 19.5 Å². The number of nitriles is 2. The van der Waals surface area contributed by atoms with Crippen molar-refractivity contribution in [3.63, 3.8) is 0 Å². The molecule has 0 N–H and O–H groups in total. The van der Waals surface area contributed by atoms with Gasteiger partial charge in [0.1, 0.15) is 0 Å². The van der Waals surface area contributed by atoms with Gasteiger partial charge in [-0.3, -0.25) is 0 Å². The van der Waals surface area contributed by atoms with E-state index in [-0.39, 0.29) is 5.41 Å². The van der Waals surface area contributed by atoms with Crippen LogP contribution in [-0.2, 0) is 0 Å². The fourth-order valence-electron chi connectivity index (χ4n) is 1.82. The summed E-state index contributed by atoms with van der Waals surface area (Å²) in [6.45, 7) is 11.2. The van der Waals surface area contributed by atoms with Crippen molar-refractivity contribution in [3.05, 3.63) is 0 Å². The largest absolute Gasteiger partial charge is 0.302 e. The van der Waals surface area contributed by atoms with Crippen LogP contribution in [0.15, 0.2) is 0 Å². The molecule has 96 valence electrons. The summed E-state index contributed by atoms with van der Waals surface area (Å²) in [5.41, 5.74) is -0.223. The highest BCUT2D eigenvalue weighted by Gasteiger charge is 2.16. The maximum absolute atomic E-state index is 8.94. The summed E-state index contributed by atoms with van der Waals surface area (Å²) >= 11 is 0. The minimum Gasteiger partial charge on any atom is -0.302 e. The molecule has 0 saturated heterocycles. The average molecular weight is 235 g/mol. The van der Waals surface area contributed by atoms with Crippen LogP contribution in [0.3, 0.4) is 0 Å². The zero-order valence-electron chi connectivity index (χ0n) is 11.7. The molecule has 0 aliphatic heterocycles. The normalized spacial score (nSPS) is 11.5. The van der Waals surface area contributed by atoms with Gasteiger partial charge in [-0.15, -0.1) is 0 Å². The maximum atomic E-state index is 8.94. The summed E-state index contributed by atoms with van der Waals surface area (Å²) in [7, 11) is 0. The third-order valence-corrected chi connectivity index (χ3v) is 2.74. The monoisotopic (exact) mass is 235 g/mol. The Labute approximate surface area is 106 Å². The van der Waals surface area contributed by atoms with E-state index < -0.39 is 0 Å². The van der Waals surface area contributed by atoms with Crippen molar-refractivity contribution in [1.82, 2.24) is 4.90 Å². The van der Waals surface area contributed by atoms with Gasteiger partial charge >= 0.3 is 0 Å². The predicted octanol–water partition coefficient (Wildman–Crippen LogP) is 3.19. The van der Waals surface area contributed by atoms with Gasteiger partial charge in [-0.05, 0) is 39.2 Å². The van der Waals surface area contributed by atoms with E-state index in [0.717, 1.165) is 32.5 Å². The Hall–Kier alpha value is -1.06. The van der Waals surface area contributed by atoms with E-state index in [0.29, 0.717) is 12.3 Å². The van der Waals surface area contributed by atoms with E-state index in [1.165, 1.54) is 0 Å². The number of nitrogens with zero attached hydrogens (tertiary/aromatic N) is 3. The standard InChI is InChI=1S/C14H25N3/c1-13(2)11-17(10-6-8-15)9-5-7-14(3,4)12-16/h13H,5-7,9-11H2,1-4H3. The Bertz CT molecular complexity index is 281. The second kappa shape index (κ2) is 8.09. The Morgan fingerprint density at radius 2 is 1.82 bits per heavy atom. The van der Waals surface area contributed by atoms with Gasteiger partial charge in [-0.1, -0.05) is 13.8 Å². The summed E-state index contributed by atoms with van der Waals surface area (Å²) in [5, 5.41) is 17.6. The van der Waals surface area contributed by atoms with Crippen LogP contribution in [0.2, 0.25) is 0 Å². The van der Waals surface area contributed by atoms with Crippen molar-refractivity contribution in [2.24, 2.45) is 11.3 Å². The third-order valence-electron chi connectivity index (χ3n) is 2.74. The molecule has 3 nitrogen and oxygen atoms in total. The summed E-state index contributed by atoms with van der Waals surface area (Å²) < 4.78 is 0. The maximum Gasteiger partial charge on any atom is 0.0683 e. The summed E-state index contributed by atoms with van der Waals surface area (Å²) in [6, 6.07) is 4.52. The Morgan fingerprint density at radius 1 is 1.18 bits per heavy atom. The molecule has 0 spiro atoms. The van der Waals surface area contributed by atoms with E-state index in [9.17, 15) is 0 Å². The smallest absolute Gasteiger partial charge is 0.0683 e. The van der Waals surface area contributed by atoms with Gasteiger partial charge in [-0.2, -0.15) is 10.5 Å². The number of hydrogen-bond acceptors (Lipinski definition) is 3. The second-order valence-corrected chi connectivity index (χ2v) is 5.70. The van der Waals surface area contributed by atoms with E-state index in [1.54, 1.807) is 0 Å². The first-order chi connectivity index (χ1) is 7.91. The minimum atomic E-state index is -0.223. The highest BCUT2D eigenvalue weighted by Crippen LogP contribution is 2.20. The lowest BCUT2D eigenvalue weighted by Gasteiger charge is -2.24. The van der Waals surface area contributed by atoms with E-state index in [2.05, 4.69) is 30.9 Å². The molecule has 0 aliphatic carbocycles. The van der Waals surface area contributed by atoms with Crippen LogP contribution < -0.4 is 0 Å². The quantitative estimate of drug-likeness (QED) is 0.649. The topological polar surface area (TPSA) is 50.8 Å². The lowest BCUT2D eigenvalue weighted by molar-refractivity contribution is 0.235. The van der Waals surface area contributed by atoms with Gasteiger partial charge in [0.25, 0.3) is 0 Å². The molecule has 0 aliphatic rings. The van der Waals surface area contributed by atoms with Crippen LogP contribution in [0.5, 0.6) is 0 Å². The molecule has 0 radical (unpaired) electrons. The van der Waals surface area contributed by atoms with Gasteiger partial charge in [-0.25, -0.2) is 0 Å². The average Bonchev–Trinajstić information content (AvgIpc) is 2.24. The molecule has 0 fully saturated rings. The van der Waals surface area contributed by atoms with Crippen molar-refractivity contribution in [2.45, 2.75) is 47.0 Å². The van der Waals surface area contributed by atoms with Crippen LogP contribution in [0.4, 0.5) is 0 Å². The first-order valence-electron chi connectivity index (χ1n) is 6.42. The number of hydrogen-bond donors (Lipinski definition) is 0. The molecule has 0 rings (SSSR count). The molecule has 0 heterocycles. The van der Waals surface area contributed by atoms with E-state index >= 15 is 0 Å². The predicted molar refractivity (Wildman–Crippen MR) is 70.1 cm³/mol. The highest BCUT2D eigenvalue weighted by molar-refractivity contribution is 4.91. The fourth-order valence-corrected chi connectivity index (χ4v) is 1.82. The van der Waals surface area contributed by atoms with Crippen molar-refractivity contribution in [2.75, 3.05) is 19.6 Å². The summed E-state index contributed by atoms with van der Waals surface area (Å²) in [6.07, 6.45) is 2.54. The zero-order valence-corrected chi connectivity index (χ0v) is 11.7.